The van der Waals surface area contributed by atoms with Crippen LogP contribution in [0.2, 0.25) is 0 Å². The molecule has 1 atom stereocenters. The standard InChI is InChI=1S/C16H21N3O3/c1-22-14-7-6-13(9-17-14)18-15(20)12-3-2-8-19(10-12)16(21)11-4-5-11/h6-7,9,11-12H,2-5,8,10H2,1H3,(H,18,20). The average Bonchev–Trinajstić information content (AvgIpc) is 3.40. The van der Waals surface area contributed by atoms with Crippen molar-refractivity contribution in [3.8, 4) is 5.88 Å². The van der Waals surface area contributed by atoms with Crippen LogP contribution in [0.25, 0.3) is 0 Å². The maximum atomic E-state index is 12.4. The van der Waals surface area contributed by atoms with Crippen molar-refractivity contribution in [1.82, 2.24) is 9.88 Å². The number of methoxy groups -OCH3 is 1. The number of hydrogen-bond acceptors (Lipinski definition) is 4. The highest BCUT2D eigenvalue weighted by molar-refractivity contribution is 5.93. The van der Waals surface area contributed by atoms with Crippen LogP contribution in [-0.4, -0.2) is 41.9 Å². The van der Waals surface area contributed by atoms with E-state index >= 15 is 0 Å². The third-order valence-corrected chi connectivity index (χ3v) is 4.24. The normalized spacial score (nSPS) is 21.3. The Morgan fingerprint density at radius 1 is 1.27 bits per heavy atom. The monoisotopic (exact) mass is 303 g/mol. The number of piperidine rings is 1. The molecule has 0 radical (unpaired) electrons. The van der Waals surface area contributed by atoms with Crippen molar-refractivity contribution >= 4 is 17.5 Å². The van der Waals surface area contributed by atoms with E-state index < -0.39 is 0 Å². The molecule has 1 aromatic rings. The molecule has 6 heteroatoms. The molecule has 2 amide bonds. The van der Waals surface area contributed by atoms with E-state index in [0.29, 0.717) is 18.1 Å². The van der Waals surface area contributed by atoms with Gasteiger partial charge >= 0.3 is 0 Å². The van der Waals surface area contributed by atoms with Gasteiger partial charge in [0.1, 0.15) is 0 Å². The van der Waals surface area contributed by atoms with Crippen molar-refractivity contribution in [2.75, 3.05) is 25.5 Å². The summed E-state index contributed by atoms with van der Waals surface area (Å²) in [7, 11) is 1.55. The molecule has 118 valence electrons. The van der Waals surface area contributed by atoms with Crippen LogP contribution in [0.1, 0.15) is 25.7 Å². The molecule has 22 heavy (non-hydrogen) atoms. The highest BCUT2D eigenvalue weighted by atomic mass is 16.5. The molecular formula is C16H21N3O3. The molecule has 0 spiro atoms. The lowest BCUT2D eigenvalue weighted by Crippen LogP contribution is -2.44. The number of aromatic nitrogens is 1. The summed E-state index contributed by atoms with van der Waals surface area (Å²) in [5, 5.41) is 2.87. The Balaban J connectivity index is 1.57. The third-order valence-electron chi connectivity index (χ3n) is 4.24. The fraction of sp³-hybridized carbons (Fsp3) is 0.562. The summed E-state index contributed by atoms with van der Waals surface area (Å²) in [5.74, 6) is 0.770. The van der Waals surface area contributed by atoms with Gasteiger partial charge in [-0.25, -0.2) is 4.98 Å². The molecule has 6 nitrogen and oxygen atoms in total. The Bertz CT molecular complexity index is 554. The Morgan fingerprint density at radius 3 is 2.73 bits per heavy atom. The van der Waals surface area contributed by atoms with Crippen molar-refractivity contribution in [3.63, 3.8) is 0 Å². The zero-order valence-electron chi connectivity index (χ0n) is 12.7. The van der Waals surface area contributed by atoms with Gasteiger partial charge < -0.3 is 15.0 Å². The first-order valence-corrected chi connectivity index (χ1v) is 7.77. The zero-order chi connectivity index (χ0) is 15.5. The predicted octanol–water partition coefficient (Wildman–Crippen LogP) is 1.68. The number of amides is 2. The van der Waals surface area contributed by atoms with Gasteiger partial charge in [0.25, 0.3) is 0 Å². The first kappa shape index (κ1) is 14.8. The molecule has 0 bridgehead atoms. The number of pyridine rings is 1. The fourth-order valence-electron chi connectivity index (χ4n) is 2.80. The lowest BCUT2D eigenvalue weighted by atomic mass is 9.96. The van der Waals surface area contributed by atoms with E-state index in [9.17, 15) is 9.59 Å². The lowest BCUT2D eigenvalue weighted by molar-refractivity contribution is -0.135. The molecule has 1 aliphatic heterocycles. The number of nitrogens with zero attached hydrogens (tertiary/aromatic N) is 2. The number of carbonyl (C=O) groups is 2. The van der Waals surface area contributed by atoms with Gasteiger partial charge in [-0.15, -0.1) is 0 Å². The van der Waals surface area contributed by atoms with E-state index in [4.69, 9.17) is 4.74 Å². The first-order chi connectivity index (χ1) is 10.7. The maximum absolute atomic E-state index is 12.4. The lowest BCUT2D eigenvalue weighted by Gasteiger charge is -2.32. The minimum atomic E-state index is -0.140. The van der Waals surface area contributed by atoms with Crippen molar-refractivity contribution in [2.24, 2.45) is 11.8 Å². The van der Waals surface area contributed by atoms with Gasteiger partial charge in [0.2, 0.25) is 17.7 Å². The topological polar surface area (TPSA) is 71.5 Å². The molecule has 3 rings (SSSR count). The van der Waals surface area contributed by atoms with Gasteiger partial charge in [-0.3, -0.25) is 9.59 Å². The van der Waals surface area contributed by atoms with Crippen molar-refractivity contribution in [1.29, 1.82) is 0 Å². The van der Waals surface area contributed by atoms with Gasteiger partial charge in [-0.05, 0) is 31.7 Å². The van der Waals surface area contributed by atoms with Gasteiger partial charge in [-0.2, -0.15) is 0 Å². The summed E-state index contributed by atoms with van der Waals surface area (Å²) in [5.41, 5.74) is 0.649. The molecule has 2 aliphatic rings. The Labute approximate surface area is 129 Å². The summed E-state index contributed by atoms with van der Waals surface area (Å²) in [6.45, 7) is 1.31. The smallest absolute Gasteiger partial charge is 0.229 e. The summed E-state index contributed by atoms with van der Waals surface area (Å²) in [6.07, 6.45) is 5.29. The summed E-state index contributed by atoms with van der Waals surface area (Å²) in [4.78, 5) is 30.4. The molecule has 2 fully saturated rings. The van der Waals surface area contributed by atoms with Gasteiger partial charge in [-0.1, -0.05) is 0 Å². The number of ether oxygens (including phenoxy) is 1. The SMILES string of the molecule is COc1ccc(NC(=O)C2CCCN(C(=O)C3CC3)C2)cn1. The number of likely N-dealkylation sites (tertiary alicyclic amines) is 1. The minimum absolute atomic E-state index is 0.0414. The molecule has 1 aromatic heterocycles. The largest absolute Gasteiger partial charge is 0.481 e. The second-order valence-electron chi connectivity index (χ2n) is 5.98. The molecule has 0 aromatic carbocycles. The van der Waals surface area contributed by atoms with Crippen LogP contribution < -0.4 is 10.1 Å². The number of carbonyl (C=O) groups excluding carboxylic acids is 2. The number of hydrogen-bond donors (Lipinski definition) is 1. The van der Waals surface area contributed by atoms with E-state index in [1.807, 2.05) is 4.90 Å². The maximum Gasteiger partial charge on any atom is 0.229 e. The van der Waals surface area contributed by atoms with Crippen LogP contribution >= 0.6 is 0 Å². The predicted molar refractivity (Wildman–Crippen MR) is 81.4 cm³/mol. The quantitative estimate of drug-likeness (QED) is 0.918. The molecule has 2 heterocycles. The number of rotatable bonds is 4. The Hall–Kier alpha value is -2.11. The third kappa shape index (κ3) is 3.37. The highest BCUT2D eigenvalue weighted by Crippen LogP contribution is 2.32. The Kier molecular flexibility index (Phi) is 4.27. The molecule has 1 aliphatic carbocycles. The average molecular weight is 303 g/mol. The van der Waals surface area contributed by atoms with Crippen LogP contribution in [-0.2, 0) is 9.59 Å². The molecule has 1 saturated heterocycles. The minimum Gasteiger partial charge on any atom is -0.481 e. The van der Waals surface area contributed by atoms with Crippen molar-refractivity contribution < 1.29 is 14.3 Å². The fourth-order valence-corrected chi connectivity index (χ4v) is 2.80. The molecular weight excluding hydrogens is 282 g/mol. The molecule has 1 saturated carbocycles. The Morgan fingerprint density at radius 2 is 2.09 bits per heavy atom. The van der Waals surface area contributed by atoms with Gasteiger partial charge in [0.15, 0.2) is 0 Å². The van der Waals surface area contributed by atoms with Crippen LogP contribution in [0.15, 0.2) is 18.3 Å². The zero-order valence-corrected chi connectivity index (χ0v) is 12.7. The van der Waals surface area contributed by atoms with E-state index in [-0.39, 0.29) is 23.7 Å². The van der Waals surface area contributed by atoms with Crippen molar-refractivity contribution in [3.05, 3.63) is 18.3 Å². The summed E-state index contributed by atoms with van der Waals surface area (Å²) in [6, 6.07) is 3.47. The van der Waals surface area contributed by atoms with E-state index in [1.54, 1.807) is 25.4 Å². The van der Waals surface area contributed by atoms with Crippen LogP contribution in [0.3, 0.4) is 0 Å². The van der Waals surface area contributed by atoms with Crippen LogP contribution in [0.5, 0.6) is 5.88 Å². The van der Waals surface area contributed by atoms with Crippen LogP contribution in [0.4, 0.5) is 5.69 Å². The van der Waals surface area contributed by atoms with Crippen molar-refractivity contribution in [2.45, 2.75) is 25.7 Å². The van der Waals surface area contributed by atoms with E-state index in [1.165, 1.54) is 0 Å². The van der Waals surface area contributed by atoms with E-state index in [0.717, 1.165) is 32.2 Å². The first-order valence-electron chi connectivity index (χ1n) is 7.77. The van der Waals surface area contributed by atoms with Gasteiger partial charge in [0, 0.05) is 25.1 Å². The highest BCUT2D eigenvalue weighted by Gasteiger charge is 2.36. The number of anilines is 1. The second-order valence-corrected chi connectivity index (χ2v) is 5.98. The number of nitrogens with one attached hydrogen (secondary N) is 1. The summed E-state index contributed by atoms with van der Waals surface area (Å²) < 4.78 is 4.99. The molecule has 1 unspecified atom stereocenters. The molecule has 1 N–H and O–H groups in total. The van der Waals surface area contributed by atoms with Crippen LogP contribution in [0, 0.1) is 11.8 Å². The van der Waals surface area contributed by atoms with E-state index in [2.05, 4.69) is 10.3 Å². The van der Waals surface area contributed by atoms with Gasteiger partial charge in [0.05, 0.1) is 24.9 Å². The second kappa shape index (κ2) is 6.34. The summed E-state index contributed by atoms with van der Waals surface area (Å²) >= 11 is 0.